The van der Waals surface area contributed by atoms with Crippen LogP contribution in [-0.4, -0.2) is 20.2 Å². The van der Waals surface area contributed by atoms with Crippen molar-refractivity contribution in [2.45, 2.75) is 63.5 Å². The first kappa shape index (κ1) is 21.2. The molecule has 3 aromatic heterocycles. The van der Waals surface area contributed by atoms with Crippen molar-refractivity contribution < 1.29 is 9.15 Å². The van der Waals surface area contributed by atoms with Crippen molar-refractivity contribution in [1.29, 1.82) is 0 Å². The number of hydrogen-bond acceptors (Lipinski definition) is 9. The number of anilines is 1. The van der Waals surface area contributed by atoms with E-state index < -0.39 is 0 Å². The van der Waals surface area contributed by atoms with Crippen molar-refractivity contribution in [3.05, 3.63) is 51.5 Å². The van der Waals surface area contributed by atoms with E-state index in [0.29, 0.717) is 28.5 Å². The average Bonchev–Trinajstić information content (AvgIpc) is 3.30. The molecule has 1 aliphatic carbocycles. The summed E-state index contributed by atoms with van der Waals surface area (Å²) >= 11 is 3.17. The number of fused-ring (bicyclic) bond motifs is 3. The fourth-order valence-corrected chi connectivity index (χ4v) is 5.88. The van der Waals surface area contributed by atoms with Crippen LogP contribution in [0.4, 0.5) is 5.82 Å². The topological polar surface area (TPSA) is 100.0 Å². The SMILES string of the molecule is Cc1ccc(C)c(OCc2nnc(SCc3nc(N)c4c5c(sc4n3)CCCCC5)o2)c1. The first-order chi connectivity index (χ1) is 15.6. The van der Waals surface area contributed by atoms with Gasteiger partial charge in [-0.2, -0.15) is 0 Å². The third-order valence-electron chi connectivity index (χ3n) is 5.61. The molecule has 9 heteroatoms. The molecule has 0 amide bonds. The minimum atomic E-state index is 0.230. The van der Waals surface area contributed by atoms with E-state index in [1.807, 2.05) is 26.0 Å². The monoisotopic (exact) mass is 467 g/mol. The smallest absolute Gasteiger partial charge is 0.277 e. The lowest BCUT2D eigenvalue weighted by molar-refractivity contribution is 0.250. The molecule has 4 aromatic rings. The Kier molecular flexibility index (Phi) is 6.01. The number of thioether (sulfide) groups is 1. The quantitative estimate of drug-likeness (QED) is 0.297. The third-order valence-corrected chi connectivity index (χ3v) is 7.61. The molecule has 1 aliphatic rings. The van der Waals surface area contributed by atoms with Crippen LogP contribution in [0.3, 0.4) is 0 Å². The molecule has 0 bridgehead atoms. The number of nitrogen functional groups attached to an aromatic ring is 1. The molecule has 32 heavy (non-hydrogen) atoms. The molecule has 166 valence electrons. The van der Waals surface area contributed by atoms with Crippen LogP contribution in [-0.2, 0) is 25.2 Å². The van der Waals surface area contributed by atoms with E-state index in [2.05, 4.69) is 21.2 Å². The van der Waals surface area contributed by atoms with Crippen molar-refractivity contribution in [3.8, 4) is 5.75 Å². The highest BCUT2D eigenvalue weighted by Gasteiger charge is 2.19. The predicted octanol–water partition coefficient (Wildman–Crippen LogP) is 5.41. The summed E-state index contributed by atoms with van der Waals surface area (Å²) in [5, 5.41) is 9.73. The minimum Gasteiger partial charge on any atom is -0.484 e. The van der Waals surface area contributed by atoms with Gasteiger partial charge >= 0.3 is 0 Å². The molecule has 0 unspecified atom stereocenters. The van der Waals surface area contributed by atoms with Crippen molar-refractivity contribution >= 4 is 39.1 Å². The summed E-state index contributed by atoms with van der Waals surface area (Å²) in [6.07, 6.45) is 5.92. The number of ether oxygens (including phenoxy) is 1. The Morgan fingerprint density at radius 2 is 2.00 bits per heavy atom. The molecule has 0 atom stereocenters. The molecular formula is C23H25N5O2S2. The minimum absolute atomic E-state index is 0.230. The lowest BCUT2D eigenvalue weighted by atomic mass is 10.1. The standard InChI is InChI=1S/C23H25N5O2S2/c1-13-8-9-14(2)16(10-13)29-11-19-27-28-23(30-19)31-12-18-25-21(24)20-15-6-4-3-5-7-17(15)32-22(20)26-18/h8-10H,3-7,11-12H2,1-2H3,(H2,24,25,26). The maximum absolute atomic E-state index is 6.35. The lowest BCUT2D eigenvalue weighted by Gasteiger charge is -2.07. The van der Waals surface area contributed by atoms with E-state index in [1.54, 1.807) is 11.3 Å². The molecule has 2 N–H and O–H groups in total. The van der Waals surface area contributed by atoms with Gasteiger partial charge < -0.3 is 14.9 Å². The Hall–Kier alpha value is -2.65. The lowest BCUT2D eigenvalue weighted by Crippen LogP contribution is -2.00. The Bertz CT molecular complexity index is 1270. The summed E-state index contributed by atoms with van der Waals surface area (Å²) in [6, 6.07) is 6.10. The second-order valence-electron chi connectivity index (χ2n) is 8.08. The molecule has 7 nitrogen and oxygen atoms in total. The maximum atomic E-state index is 6.35. The van der Waals surface area contributed by atoms with Crippen LogP contribution in [0.2, 0.25) is 0 Å². The zero-order valence-corrected chi connectivity index (χ0v) is 19.8. The van der Waals surface area contributed by atoms with Gasteiger partial charge in [-0.3, -0.25) is 0 Å². The fourth-order valence-electron chi connectivity index (χ4n) is 3.96. The summed E-state index contributed by atoms with van der Waals surface area (Å²) in [5.41, 5.74) is 9.93. The third kappa shape index (κ3) is 4.45. The maximum Gasteiger partial charge on any atom is 0.277 e. The number of thiophene rings is 1. The number of nitrogens with zero attached hydrogens (tertiary/aromatic N) is 4. The summed E-state index contributed by atoms with van der Waals surface area (Å²) in [7, 11) is 0. The second-order valence-corrected chi connectivity index (χ2v) is 10.1. The van der Waals surface area contributed by atoms with Crippen molar-refractivity contribution in [2.24, 2.45) is 0 Å². The molecule has 0 spiro atoms. The largest absolute Gasteiger partial charge is 0.484 e. The Morgan fingerprint density at radius 1 is 1.12 bits per heavy atom. The number of aryl methyl sites for hydroxylation is 4. The Labute approximate surface area is 194 Å². The normalized spacial score (nSPS) is 13.8. The number of rotatable bonds is 6. The van der Waals surface area contributed by atoms with Gasteiger partial charge in [0, 0.05) is 4.88 Å². The van der Waals surface area contributed by atoms with Crippen molar-refractivity contribution in [3.63, 3.8) is 0 Å². The summed E-state index contributed by atoms with van der Waals surface area (Å²) in [4.78, 5) is 11.8. The van der Waals surface area contributed by atoms with E-state index in [-0.39, 0.29) is 6.61 Å². The summed E-state index contributed by atoms with van der Waals surface area (Å²) in [6.45, 7) is 4.28. The van der Waals surface area contributed by atoms with Crippen LogP contribution in [0.5, 0.6) is 5.75 Å². The van der Waals surface area contributed by atoms with Gasteiger partial charge in [-0.05, 0) is 62.3 Å². The Morgan fingerprint density at radius 3 is 2.91 bits per heavy atom. The van der Waals surface area contributed by atoms with Crippen molar-refractivity contribution in [1.82, 2.24) is 20.2 Å². The van der Waals surface area contributed by atoms with Gasteiger partial charge in [0.2, 0.25) is 0 Å². The molecule has 0 radical (unpaired) electrons. The molecule has 5 rings (SSSR count). The molecule has 1 aromatic carbocycles. The number of benzene rings is 1. The number of hydrogen-bond donors (Lipinski definition) is 1. The van der Waals surface area contributed by atoms with E-state index in [0.717, 1.165) is 39.9 Å². The highest BCUT2D eigenvalue weighted by Crippen LogP contribution is 2.37. The van der Waals surface area contributed by atoms with E-state index in [4.69, 9.17) is 19.9 Å². The van der Waals surface area contributed by atoms with Crippen molar-refractivity contribution in [2.75, 3.05) is 5.73 Å². The van der Waals surface area contributed by atoms with E-state index >= 15 is 0 Å². The van der Waals surface area contributed by atoms with Crippen LogP contribution in [0.15, 0.2) is 27.8 Å². The van der Waals surface area contributed by atoms with Crippen LogP contribution in [0, 0.1) is 13.8 Å². The van der Waals surface area contributed by atoms with Crippen LogP contribution in [0.25, 0.3) is 10.2 Å². The summed E-state index contributed by atoms with van der Waals surface area (Å²) in [5.74, 6) is 3.04. The summed E-state index contributed by atoms with van der Waals surface area (Å²) < 4.78 is 11.6. The van der Waals surface area contributed by atoms with Gasteiger partial charge in [-0.1, -0.05) is 30.3 Å². The van der Waals surface area contributed by atoms with E-state index in [9.17, 15) is 0 Å². The predicted molar refractivity (Wildman–Crippen MR) is 127 cm³/mol. The molecule has 0 saturated heterocycles. The van der Waals surface area contributed by atoms with Crippen LogP contribution < -0.4 is 10.5 Å². The highest BCUT2D eigenvalue weighted by atomic mass is 32.2. The zero-order valence-electron chi connectivity index (χ0n) is 18.2. The highest BCUT2D eigenvalue weighted by molar-refractivity contribution is 7.98. The average molecular weight is 468 g/mol. The number of nitrogens with two attached hydrogens (primary N) is 1. The van der Waals surface area contributed by atoms with E-state index in [1.165, 1.54) is 41.5 Å². The molecule has 3 heterocycles. The first-order valence-corrected chi connectivity index (χ1v) is 12.6. The molecular weight excluding hydrogens is 442 g/mol. The number of aromatic nitrogens is 4. The molecule has 0 saturated carbocycles. The first-order valence-electron chi connectivity index (χ1n) is 10.8. The molecule has 0 fully saturated rings. The van der Waals surface area contributed by atoms with Gasteiger partial charge in [-0.25, -0.2) is 9.97 Å². The Balaban J connectivity index is 1.25. The van der Waals surface area contributed by atoms with Crippen LogP contribution in [0.1, 0.15) is 52.5 Å². The van der Waals surface area contributed by atoms with Gasteiger partial charge in [0.25, 0.3) is 11.1 Å². The van der Waals surface area contributed by atoms with Gasteiger partial charge in [0.1, 0.15) is 22.2 Å². The zero-order chi connectivity index (χ0) is 22.1. The van der Waals surface area contributed by atoms with Gasteiger partial charge in [0.15, 0.2) is 6.61 Å². The van der Waals surface area contributed by atoms with Gasteiger partial charge in [0.05, 0.1) is 11.1 Å². The fraction of sp³-hybridized carbons (Fsp3) is 0.391. The van der Waals surface area contributed by atoms with Gasteiger partial charge in [-0.15, -0.1) is 21.5 Å². The van der Waals surface area contributed by atoms with Crippen LogP contribution >= 0.6 is 23.1 Å². The second kappa shape index (κ2) is 9.07. The molecule has 0 aliphatic heterocycles.